The van der Waals surface area contributed by atoms with Crippen molar-refractivity contribution in [2.24, 2.45) is 0 Å². The Hall–Kier alpha value is -4.86. The molecular formula is C35H39FN2O7. The normalized spacial score (nSPS) is 14.7. The molecule has 1 aliphatic rings. The third-order valence-corrected chi connectivity index (χ3v) is 7.71. The number of esters is 2. The Morgan fingerprint density at radius 2 is 1.58 bits per heavy atom. The second-order valence-electron chi connectivity index (χ2n) is 10.4. The zero-order valence-electron chi connectivity index (χ0n) is 26.3. The van der Waals surface area contributed by atoms with E-state index in [0.29, 0.717) is 77.8 Å². The van der Waals surface area contributed by atoms with Crippen molar-refractivity contribution in [1.29, 1.82) is 0 Å². The number of hydrogen-bond donors (Lipinski definition) is 0. The smallest absolute Gasteiger partial charge is 0.336 e. The van der Waals surface area contributed by atoms with Crippen LogP contribution < -0.4 is 14.2 Å². The van der Waals surface area contributed by atoms with Gasteiger partial charge < -0.3 is 28.6 Å². The molecule has 1 atom stereocenters. The standard InChI is InChI=1S/C35H39FN2O7/c1-23-31(34(39)43-5)33(26-11-16-29(41-3)30(21-26)42-4)32(35(40)45-19-7-10-25-9-6-17-37-22-25)24(2)38(23)18-8-20-44-28-14-12-27(36)13-15-28/h6,9,11-17,21-22,33H,7-8,10,18-20H2,1-5H3. The van der Waals surface area contributed by atoms with E-state index >= 15 is 0 Å². The highest BCUT2D eigenvalue weighted by Crippen LogP contribution is 2.44. The molecule has 1 aliphatic heterocycles. The molecule has 0 fully saturated rings. The van der Waals surface area contributed by atoms with Crippen LogP contribution in [0.3, 0.4) is 0 Å². The van der Waals surface area contributed by atoms with Crippen LogP contribution in [0.4, 0.5) is 4.39 Å². The van der Waals surface area contributed by atoms with Gasteiger partial charge in [0, 0.05) is 30.3 Å². The molecule has 0 radical (unpaired) electrons. The van der Waals surface area contributed by atoms with Gasteiger partial charge in [0.25, 0.3) is 0 Å². The number of pyridine rings is 1. The first kappa shape index (κ1) is 33.0. The van der Waals surface area contributed by atoms with Crippen molar-refractivity contribution in [2.45, 2.75) is 39.0 Å². The number of methoxy groups -OCH3 is 3. The molecular weight excluding hydrogens is 579 g/mol. The summed E-state index contributed by atoms with van der Waals surface area (Å²) in [6.45, 7) is 4.64. The van der Waals surface area contributed by atoms with E-state index in [0.717, 1.165) is 5.56 Å². The lowest BCUT2D eigenvalue weighted by atomic mass is 9.79. The van der Waals surface area contributed by atoms with Crippen molar-refractivity contribution in [3.63, 3.8) is 0 Å². The van der Waals surface area contributed by atoms with E-state index in [4.69, 9.17) is 23.7 Å². The first-order valence-corrected chi connectivity index (χ1v) is 14.7. The predicted molar refractivity (Wildman–Crippen MR) is 166 cm³/mol. The van der Waals surface area contributed by atoms with E-state index in [2.05, 4.69) is 4.98 Å². The van der Waals surface area contributed by atoms with Gasteiger partial charge in [-0.05, 0) is 86.7 Å². The summed E-state index contributed by atoms with van der Waals surface area (Å²) < 4.78 is 41.1. The molecule has 2 aromatic carbocycles. The van der Waals surface area contributed by atoms with E-state index in [-0.39, 0.29) is 12.4 Å². The monoisotopic (exact) mass is 618 g/mol. The van der Waals surface area contributed by atoms with Gasteiger partial charge in [-0.2, -0.15) is 0 Å². The van der Waals surface area contributed by atoms with Gasteiger partial charge in [-0.1, -0.05) is 12.1 Å². The minimum Gasteiger partial charge on any atom is -0.494 e. The number of hydrogen-bond acceptors (Lipinski definition) is 9. The van der Waals surface area contributed by atoms with Gasteiger partial charge in [0.2, 0.25) is 0 Å². The molecule has 4 rings (SSSR count). The van der Waals surface area contributed by atoms with Crippen LogP contribution in [0.15, 0.2) is 89.5 Å². The Morgan fingerprint density at radius 3 is 2.22 bits per heavy atom. The minimum absolute atomic E-state index is 0.185. The van der Waals surface area contributed by atoms with Crippen LogP contribution >= 0.6 is 0 Å². The lowest BCUT2D eigenvalue weighted by Gasteiger charge is -2.38. The minimum atomic E-state index is -0.783. The number of ether oxygens (including phenoxy) is 5. The topological polar surface area (TPSA) is 96.4 Å². The second-order valence-corrected chi connectivity index (χ2v) is 10.4. The fourth-order valence-electron chi connectivity index (χ4n) is 5.46. The average molecular weight is 619 g/mol. The fraction of sp³-hybridized carbons (Fsp3) is 0.343. The molecule has 0 bridgehead atoms. The van der Waals surface area contributed by atoms with Crippen LogP contribution in [0.5, 0.6) is 17.2 Å². The third-order valence-electron chi connectivity index (χ3n) is 7.71. The molecule has 0 aliphatic carbocycles. The quantitative estimate of drug-likeness (QED) is 0.159. The Bertz CT molecular complexity index is 1540. The molecule has 10 heteroatoms. The van der Waals surface area contributed by atoms with Crippen LogP contribution in [0, 0.1) is 5.82 Å². The lowest BCUT2D eigenvalue weighted by molar-refractivity contribution is -0.139. The highest BCUT2D eigenvalue weighted by atomic mass is 19.1. The maximum absolute atomic E-state index is 13.9. The summed E-state index contributed by atoms with van der Waals surface area (Å²) in [5.41, 5.74) is 3.64. The first-order valence-electron chi connectivity index (χ1n) is 14.7. The summed E-state index contributed by atoms with van der Waals surface area (Å²) in [6, 6.07) is 15.0. The van der Waals surface area contributed by atoms with E-state index in [1.807, 2.05) is 30.9 Å². The summed E-state index contributed by atoms with van der Waals surface area (Å²) in [5, 5.41) is 0. The fourth-order valence-corrected chi connectivity index (χ4v) is 5.46. The van der Waals surface area contributed by atoms with Crippen molar-refractivity contribution < 1.29 is 37.7 Å². The Balaban J connectivity index is 1.65. The van der Waals surface area contributed by atoms with Crippen LogP contribution in [0.1, 0.15) is 43.7 Å². The lowest BCUT2D eigenvalue weighted by Crippen LogP contribution is -2.36. The van der Waals surface area contributed by atoms with E-state index in [9.17, 15) is 14.0 Å². The summed E-state index contributed by atoms with van der Waals surface area (Å²) in [6.07, 6.45) is 5.36. The van der Waals surface area contributed by atoms with E-state index < -0.39 is 17.9 Å². The summed E-state index contributed by atoms with van der Waals surface area (Å²) >= 11 is 0. The molecule has 1 unspecified atom stereocenters. The summed E-state index contributed by atoms with van der Waals surface area (Å²) in [7, 11) is 4.38. The highest BCUT2D eigenvalue weighted by Gasteiger charge is 2.40. The number of allylic oxidation sites excluding steroid dienone is 2. The Labute approximate surface area is 263 Å². The SMILES string of the molecule is COC(=O)C1=C(C)N(CCCOc2ccc(F)cc2)C(C)=C(C(=O)OCCCc2cccnc2)C1c1ccc(OC)c(OC)c1. The van der Waals surface area contributed by atoms with Crippen molar-refractivity contribution in [3.05, 3.63) is 106 Å². The molecule has 0 saturated heterocycles. The van der Waals surface area contributed by atoms with Crippen molar-refractivity contribution >= 4 is 11.9 Å². The molecule has 0 spiro atoms. The van der Waals surface area contributed by atoms with Crippen molar-refractivity contribution in [3.8, 4) is 17.2 Å². The Morgan fingerprint density at radius 1 is 0.867 bits per heavy atom. The number of carbonyl (C=O) groups is 2. The van der Waals surface area contributed by atoms with Gasteiger partial charge in [0.05, 0.1) is 51.6 Å². The van der Waals surface area contributed by atoms with Crippen molar-refractivity contribution in [2.75, 3.05) is 41.1 Å². The third kappa shape index (κ3) is 8.00. The molecule has 0 N–H and O–H groups in total. The summed E-state index contributed by atoms with van der Waals surface area (Å²) in [5.74, 6) is -0.689. The zero-order valence-corrected chi connectivity index (χ0v) is 26.3. The summed E-state index contributed by atoms with van der Waals surface area (Å²) in [4.78, 5) is 33.4. The van der Waals surface area contributed by atoms with Gasteiger partial charge in [-0.15, -0.1) is 0 Å². The molecule has 0 saturated carbocycles. The van der Waals surface area contributed by atoms with Gasteiger partial charge in [-0.25, -0.2) is 14.0 Å². The number of rotatable bonds is 14. The van der Waals surface area contributed by atoms with Gasteiger partial charge in [-0.3, -0.25) is 4.98 Å². The zero-order chi connectivity index (χ0) is 32.3. The number of halogens is 1. The highest BCUT2D eigenvalue weighted by molar-refractivity contribution is 6.00. The van der Waals surface area contributed by atoms with Crippen molar-refractivity contribution in [1.82, 2.24) is 9.88 Å². The molecule has 0 amide bonds. The molecule has 2 heterocycles. The predicted octanol–water partition coefficient (Wildman–Crippen LogP) is 6.00. The first-order chi connectivity index (χ1) is 21.8. The second kappa shape index (κ2) is 15.7. The molecule has 3 aromatic rings. The number of aromatic nitrogens is 1. The van der Waals surface area contributed by atoms with Crippen LogP contribution in [0.25, 0.3) is 0 Å². The van der Waals surface area contributed by atoms with Gasteiger partial charge in [0.15, 0.2) is 11.5 Å². The van der Waals surface area contributed by atoms with Gasteiger partial charge >= 0.3 is 11.9 Å². The molecule has 238 valence electrons. The van der Waals surface area contributed by atoms with Crippen LogP contribution in [-0.2, 0) is 25.5 Å². The largest absolute Gasteiger partial charge is 0.494 e. The van der Waals surface area contributed by atoms with Crippen LogP contribution in [-0.4, -0.2) is 62.9 Å². The number of carbonyl (C=O) groups excluding carboxylic acids is 2. The molecule has 9 nitrogen and oxygen atoms in total. The van der Waals surface area contributed by atoms with E-state index in [1.165, 1.54) is 33.5 Å². The number of benzene rings is 2. The maximum Gasteiger partial charge on any atom is 0.336 e. The number of nitrogens with zero attached hydrogens (tertiary/aromatic N) is 2. The van der Waals surface area contributed by atoms with E-state index in [1.54, 1.807) is 42.7 Å². The maximum atomic E-state index is 13.9. The number of aryl methyl sites for hydroxylation is 1. The molecule has 45 heavy (non-hydrogen) atoms. The average Bonchev–Trinajstić information content (AvgIpc) is 3.06. The van der Waals surface area contributed by atoms with Crippen LogP contribution in [0.2, 0.25) is 0 Å². The Kier molecular flexibility index (Phi) is 11.6. The van der Waals surface area contributed by atoms with Gasteiger partial charge in [0.1, 0.15) is 11.6 Å². The molecule has 1 aromatic heterocycles.